The lowest BCUT2D eigenvalue weighted by Crippen LogP contribution is -2.08. The molecule has 0 aromatic carbocycles. The van der Waals surface area contributed by atoms with E-state index >= 15 is 0 Å². The minimum atomic E-state index is -0.661. The average molecular weight is 247 g/mol. The van der Waals surface area contributed by atoms with E-state index in [1.807, 2.05) is 7.11 Å². The van der Waals surface area contributed by atoms with Crippen LogP contribution in [0.25, 0.3) is 0 Å². The number of nitrogens with zero attached hydrogens (tertiary/aromatic N) is 2. The minimum Gasteiger partial charge on any atom is -0.350 e. The molecule has 0 aromatic rings. The van der Waals surface area contributed by atoms with Crippen molar-refractivity contribution in [3.63, 3.8) is 0 Å². The molecule has 5 nitrogen and oxygen atoms in total. The summed E-state index contributed by atoms with van der Waals surface area (Å²) in [5, 5.41) is 14.2. The van der Waals surface area contributed by atoms with Crippen molar-refractivity contribution in [3.8, 4) is 12.4 Å². The van der Waals surface area contributed by atoms with E-state index in [-0.39, 0.29) is 0 Å². The third-order valence-electron chi connectivity index (χ3n) is 2.42. The second-order valence-corrected chi connectivity index (χ2v) is 7.81. The summed E-state index contributed by atoms with van der Waals surface area (Å²) in [6.45, 7) is 6.87. The first-order valence-electron chi connectivity index (χ1n) is 5.11. The van der Waals surface area contributed by atoms with Gasteiger partial charge in [-0.15, -0.1) is 0 Å². The maximum absolute atomic E-state index is 7.10. The van der Waals surface area contributed by atoms with Gasteiger partial charge in [0.2, 0.25) is 0 Å². The lowest BCUT2D eigenvalue weighted by molar-refractivity contribution is 0.252. The first-order chi connectivity index (χ1) is 7.57. The highest BCUT2D eigenvalue weighted by Crippen LogP contribution is 2.57. The van der Waals surface area contributed by atoms with Crippen LogP contribution in [0.1, 0.15) is 20.8 Å². The summed E-state index contributed by atoms with van der Waals surface area (Å²) in [7, 11) is 1.15. The molecule has 6 heteroatoms. The van der Waals surface area contributed by atoms with Gasteiger partial charge in [-0.1, -0.05) is 0 Å². The summed E-state index contributed by atoms with van der Waals surface area (Å²) >= 11 is 0. The predicted octanol–water partition coefficient (Wildman–Crippen LogP) is 1.52. The summed E-state index contributed by atoms with van der Waals surface area (Å²) < 4.78 is 5.23. The Hall–Kier alpha value is -1.03. The maximum Gasteiger partial charge on any atom is 0.173 e. The molecule has 0 aliphatic carbocycles. The van der Waals surface area contributed by atoms with Gasteiger partial charge in [-0.2, -0.15) is 10.5 Å². The Balaban J connectivity index is -0.000000235. The Morgan fingerprint density at radius 3 is 1.31 bits per heavy atom. The summed E-state index contributed by atoms with van der Waals surface area (Å²) in [5.41, 5.74) is 8.31. The van der Waals surface area contributed by atoms with Crippen LogP contribution in [-0.4, -0.2) is 31.9 Å². The van der Waals surface area contributed by atoms with Crippen LogP contribution in [0.4, 0.5) is 0 Å². The molecule has 0 aromatic heterocycles. The Kier molecular flexibility index (Phi) is 20.9. The molecule has 0 rings (SSSR count). The fourth-order valence-electron chi connectivity index (χ4n) is 1.22. The highest BCUT2D eigenvalue weighted by Gasteiger charge is 2.30. The van der Waals surface area contributed by atoms with Crippen LogP contribution in [0.5, 0.6) is 0 Å². The zero-order valence-electron chi connectivity index (χ0n) is 10.7. The van der Waals surface area contributed by atoms with Gasteiger partial charge in [0.1, 0.15) is 0 Å². The van der Waals surface area contributed by atoms with E-state index in [1.165, 1.54) is 30.9 Å². The molecule has 0 aliphatic heterocycles. The minimum absolute atomic E-state index is 0.661. The molecular formula is C10H24N4OP+. The Morgan fingerprint density at radius 1 is 1.00 bits per heavy atom. The molecular weight excluding hydrogens is 223 g/mol. The van der Waals surface area contributed by atoms with Gasteiger partial charge < -0.3 is 16.2 Å². The van der Waals surface area contributed by atoms with E-state index in [4.69, 9.17) is 15.3 Å². The van der Waals surface area contributed by atoms with E-state index in [9.17, 15) is 0 Å². The van der Waals surface area contributed by atoms with Gasteiger partial charge in [0.15, 0.2) is 18.7 Å². The topological polar surface area (TPSA) is 109 Å². The molecule has 0 spiro atoms. The van der Waals surface area contributed by atoms with E-state index in [1.54, 1.807) is 0 Å². The number of methoxy groups -OCH3 is 1. The van der Waals surface area contributed by atoms with Gasteiger partial charge in [0.05, 0.1) is 18.5 Å². The Labute approximate surface area is 99.7 Å². The highest BCUT2D eigenvalue weighted by atomic mass is 31.2. The van der Waals surface area contributed by atoms with Crippen molar-refractivity contribution < 1.29 is 4.74 Å². The molecule has 0 saturated carbocycles. The lowest BCUT2D eigenvalue weighted by Gasteiger charge is -2.21. The standard InChI is InChI=1S/C8H20OP.2CH2N2/c1-5-10(6-2,7-3)8-9-4;2*2-1-3/h5-8H2,1-4H3;2*2H2/q+1;;. The van der Waals surface area contributed by atoms with Gasteiger partial charge in [0, 0.05) is 14.4 Å². The van der Waals surface area contributed by atoms with Gasteiger partial charge in [-0.25, -0.2) is 0 Å². The quantitative estimate of drug-likeness (QED) is 0.435. The van der Waals surface area contributed by atoms with Crippen LogP contribution in [0.2, 0.25) is 0 Å². The third kappa shape index (κ3) is 13.0. The molecule has 0 radical (unpaired) electrons. The molecule has 0 atom stereocenters. The molecule has 0 bridgehead atoms. The third-order valence-corrected chi connectivity index (χ3v) is 7.25. The number of nitriles is 2. The molecule has 0 unspecified atom stereocenters. The maximum atomic E-state index is 7.10. The van der Waals surface area contributed by atoms with Crippen molar-refractivity contribution in [2.24, 2.45) is 11.5 Å². The zero-order chi connectivity index (χ0) is 13.4. The van der Waals surface area contributed by atoms with E-state index in [0.717, 1.165) is 6.35 Å². The summed E-state index contributed by atoms with van der Waals surface area (Å²) in [5.74, 6) is 0. The fraction of sp³-hybridized carbons (Fsp3) is 0.800. The summed E-state index contributed by atoms with van der Waals surface area (Å²) in [6.07, 6.45) is 7.55. The number of nitrogens with two attached hydrogens (primary N) is 2. The number of hydrogen-bond donors (Lipinski definition) is 2. The average Bonchev–Trinajstić information content (AvgIpc) is 2.28. The molecule has 0 aliphatic rings. The number of ether oxygens (including phenoxy) is 1. The van der Waals surface area contributed by atoms with Crippen molar-refractivity contribution in [3.05, 3.63) is 0 Å². The molecule has 94 valence electrons. The molecule has 4 N–H and O–H groups in total. The Morgan fingerprint density at radius 2 is 1.25 bits per heavy atom. The van der Waals surface area contributed by atoms with Crippen molar-refractivity contribution in [2.45, 2.75) is 20.8 Å². The molecule has 0 saturated heterocycles. The van der Waals surface area contributed by atoms with Gasteiger partial charge in [-0.3, -0.25) is 0 Å². The molecule has 0 amide bonds. The van der Waals surface area contributed by atoms with Crippen LogP contribution >= 0.6 is 7.26 Å². The van der Waals surface area contributed by atoms with E-state index in [0.29, 0.717) is 0 Å². The van der Waals surface area contributed by atoms with Crippen LogP contribution in [-0.2, 0) is 4.74 Å². The predicted molar refractivity (Wildman–Crippen MR) is 70.0 cm³/mol. The van der Waals surface area contributed by atoms with Crippen molar-refractivity contribution >= 4 is 7.26 Å². The first-order valence-corrected chi connectivity index (χ1v) is 7.64. The van der Waals surface area contributed by atoms with Crippen molar-refractivity contribution in [1.82, 2.24) is 0 Å². The van der Waals surface area contributed by atoms with E-state index < -0.39 is 7.26 Å². The first kappa shape index (κ1) is 20.4. The molecule has 0 heterocycles. The normalized spacial score (nSPS) is 8.38. The van der Waals surface area contributed by atoms with E-state index in [2.05, 4.69) is 32.2 Å². The molecule has 16 heavy (non-hydrogen) atoms. The SMILES string of the molecule is CC[P+](CC)(CC)COC.N#CN.N#CN. The lowest BCUT2D eigenvalue weighted by atomic mass is 10.9. The van der Waals surface area contributed by atoms with Gasteiger partial charge in [0.25, 0.3) is 0 Å². The number of rotatable bonds is 5. The number of hydrogen-bond acceptors (Lipinski definition) is 5. The van der Waals surface area contributed by atoms with Crippen molar-refractivity contribution in [1.29, 1.82) is 10.5 Å². The van der Waals surface area contributed by atoms with Crippen LogP contribution in [0.15, 0.2) is 0 Å². The monoisotopic (exact) mass is 247 g/mol. The second kappa shape index (κ2) is 16.4. The fourth-order valence-corrected chi connectivity index (χ4v) is 3.66. The van der Waals surface area contributed by atoms with Crippen LogP contribution < -0.4 is 11.5 Å². The van der Waals surface area contributed by atoms with Crippen LogP contribution in [0.3, 0.4) is 0 Å². The largest absolute Gasteiger partial charge is 0.350 e. The summed E-state index contributed by atoms with van der Waals surface area (Å²) in [6, 6.07) is 0. The second-order valence-electron chi connectivity index (χ2n) is 2.97. The zero-order valence-corrected chi connectivity index (χ0v) is 11.6. The smallest absolute Gasteiger partial charge is 0.173 e. The van der Waals surface area contributed by atoms with Crippen LogP contribution in [0, 0.1) is 22.9 Å². The van der Waals surface area contributed by atoms with Gasteiger partial charge >= 0.3 is 0 Å². The van der Waals surface area contributed by atoms with Gasteiger partial charge in [-0.05, 0) is 20.8 Å². The highest BCUT2D eigenvalue weighted by molar-refractivity contribution is 7.75. The van der Waals surface area contributed by atoms with Crippen molar-refractivity contribution in [2.75, 3.05) is 31.9 Å². The molecule has 0 fully saturated rings. The summed E-state index contributed by atoms with van der Waals surface area (Å²) in [4.78, 5) is 0. The Bertz CT molecular complexity index is 186.